The number of hydrogen-bond acceptors (Lipinski definition) is 4. The first-order chi connectivity index (χ1) is 9.15. The number of likely N-dealkylation sites (N-methyl/N-ethyl adjacent to an activating group) is 1. The summed E-state index contributed by atoms with van der Waals surface area (Å²) in [5.41, 5.74) is 4.25. The van der Waals surface area contributed by atoms with Crippen LogP contribution in [-0.2, 0) is 0 Å². The topological polar surface area (TPSA) is 50.5 Å². The van der Waals surface area contributed by atoms with Gasteiger partial charge in [-0.15, -0.1) is 0 Å². The van der Waals surface area contributed by atoms with E-state index in [0.717, 1.165) is 24.2 Å². The molecule has 2 rings (SSSR count). The molecular formula is C15H25N3O. The summed E-state index contributed by atoms with van der Waals surface area (Å²) in [5.74, 6) is 6.80. The van der Waals surface area contributed by atoms with Crippen LogP contribution in [0.3, 0.4) is 0 Å². The van der Waals surface area contributed by atoms with Crippen molar-refractivity contribution in [3.63, 3.8) is 0 Å². The van der Waals surface area contributed by atoms with Gasteiger partial charge in [0.1, 0.15) is 5.75 Å². The molecule has 1 unspecified atom stereocenters. The molecule has 0 bridgehead atoms. The zero-order valence-corrected chi connectivity index (χ0v) is 12.1. The maximum absolute atomic E-state index is 5.90. The molecule has 0 amide bonds. The Bertz CT molecular complexity index is 414. The highest BCUT2D eigenvalue weighted by molar-refractivity contribution is 5.38. The van der Waals surface area contributed by atoms with Crippen LogP contribution in [0.1, 0.15) is 37.3 Å². The molecule has 1 aromatic carbocycles. The van der Waals surface area contributed by atoms with E-state index in [2.05, 4.69) is 30.5 Å². The molecule has 4 nitrogen and oxygen atoms in total. The largest absolute Gasteiger partial charge is 0.496 e. The van der Waals surface area contributed by atoms with Gasteiger partial charge in [-0.05, 0) is 33.0 Å². The number of nitrogens with two attached hydrogens (primary N) is 1. The van der Waals surface area contributed by atoms with Crippen molar-refractivity contribution in [2.75, 3.05) is 21.2 Å². The van der Waals surface area contributed by atoms with Gasteiger partial charge in [-0.3, -0.25) is 11.3 Å². The lowest BCUT2D eigenvalue weighted by molar-refractivity contribution is 0.103. The summed E-state index contributed by atoms with van der Waals surface area (Å²) in [4.78, 5) is 2.32. The smallest absolute Gasteiger partial charge is 0.123 e. The van der Waals surface area contributed by atoms with Crippen molar-refractivity contribution in [1.82, 2.24) is 10.3 Å². The summed E-state index contributed by atoms with van der Waals surface area (Å²) in [5, 5.41) is 0. The lowest BCUT2D eigenvalue weighted by atomic mass is 9.82. The van der Waals surface area contributed by atoms with Gasteiger partial charge < -0.3 is 9.64 Å². The van der Waals surface area contributed by atoms with E-state index in [1.807, 2.05) is 18.2 Å². The molecule has 1 aromatic rings. The second kappa shape index (κ2) is 5.90. The van der Waals surface area contributed by atoms with Crippen LogP contribution in [0.4, 0.5) is 0 Å². The molecule has 1 saturated carbocycles. The number of rotatable bonds is 5. The zero-order chi connectivity index (χ0) is 13.9. The zero-order valence-electron chi connectivity index (χ0n) is 12.1. The molecule has 1 aliphatic rings. The molecule has 0 spiro atoms. The van der Waals surface area contributed by atoms with E-state index in [4.69, 9.17) is 10.6 Å². The minimum Gasteiger partial charge on any atom is -0.496 e. The number of methoxy groups -OCH3 is 1. The molecule has 1 fully saturated rings. The van der Waals surface area contributed by atoms with E-state index in [1.54, 1.807) is 7.11 Å². The Labute approximate surface area is 115 Å². The van der Waals surface area contributed by atoms with Crippen molar-refractivity contribution in [2.45, 2.75) is 37.3 Å². The Morgan fingerprint density at radius 1 is 1.26 bits per heavy atom. The lowest BCUT2D eigenvalue weighted by Gasteiger charge is -2.43. The number of ether oxygens (including phenoxy) is 1. The highest BCUT2D eigenvalue weighted by atomic mass is 16.5. The summed E-state index contributed by atoms with van der Waals surface area (Å²) in [6, 6.07) is 8.22. The van der Waals surface area contributed by atoms with E-state index in [9.17, 15) is 0 Å². The maximum Gasteiger partial charge on any atom is 0.123 e. The van der Waals surface area contributed by atoms with Crippen molar-refractivity contribution < 1.29 is 4.74 Å². The second-order valence-electron chi connectivity index (χ2n) is 5.55. The third kappa shape index (κ3) is 2.48. The second-order valence-corrected chi connectivity index (χ2v) is 5.55. The van der Waals surface area contributed by atoms with Crippen molar-refractivity contribution in [1.29, 1.82) is 0 Å². The van der Waals surface area contributed by atoms with Crippen LogP contribution in [0.5, 0.6) is 5.75 Å². The first-order valence-electron chi connectivity index (χ1n) is 6.92. The number of nitrogens with zero attached hydrogens (tertiary/aromatic N) is 1. The van der Waals surface area contributed by atoms with Crippen molar-refractivity contribution in [3.8, 4) is 5.75 Å². The lowest BCUT2D eigenvalue weighted by Crippen LogP contribution is -2.53. The third-order valence-corrected chi connectivity index (χ3v) is 4.51. The van der Waals surface area contributed by atoms with Gasteiger partial charge in [0.25, 0.3) is 0 Å². The van der Waals surface area contributed by atoms with Gasteiger partial charge in [0.15, 0.2) is 0 Å². The average molecular weight is 263 g/mol. The standard InChI is InChI=1S/C15H25N3O/c1-18(2)15(10-6-7-11-15)14(17-16)12-8-4-5-9-13(12)19-3/h4-5,8-9,14,17H,6-7,10-11,16H2,1-3H3. The predicted octanol–water partition coefficient (Wildman–Crippen LogP) is 2.07. The summed E-state index contributed by atoms with van der Waals surface area (Å²) in [7, 11) is 6.00. The molecule has 0 heterocycles. The Morgan fingerprint density at radius 2 is 1.89 bits per heavy atom. The van der Waals surface area contributed by atoms with E-state index in [-0.39, 0.29) is 11.6 Å². The van der Waals surface area contributed by atoms with Gasteiger partial charge in [0.05, 0.1) is 13.2 Å². The fourth-order valence-corrected chi connectivity index (χ4v) is 3.42. The molecule has 0 aromatic heterocycles. The van der Waals surface area contributed by atoms with Crippen LogP contribution >= 0.6 is 0 Å². The van der Waals surface area contributed by atoms with Crippen LogP contribution in [-0.4, -0.2) is 31.6 Å². The fourth-order valence-electron chi connectivity index (χ4n) is 3.42. The van der Waals surface area contributed by atoms with Crippen LogP contribution in [0.25, 0.3) is 0 Å². The van der Waals surface area contributed by atoms with Crippen LogP contribution in [0.2, 0.25) is 0 Å². The highest BCUT2D eigenvalue weighted by Crippen LogP contribution is 2.44. The van der Waals surface area contributed by atoms with Gasteiger partial charge >= 0.3 is 0 Å². The molecule has 106 valence electrons. The molecule has 1 atom stereocenters. The van der Waals surface area contributed by atoms with E-state index < -0.39 is 0 Å². The Hall–Kier alpha value is -1.10. The van der Waals surface area contributed by atoms with E-state index >= 15 is 0 Å². The van der Waals surface area contributed by atoms with Gasteiger partial charge in [0.2, 0.25) is 0 Å². The summed E-state index contributed by atoms with van der Waals surface area (Å²) < 4.78 is 5.50. The van der Waals surface area contributed by atoms with Gasteiger partial charge in [-0.2, -0.15) is 0 Å². The number of benzene rings is 1. The highest BCUT2D eigenvalue weighted by Gasteiger charge is 2.44. The first-order valence-corrected chi connectivity index (χ1v) is 6.92. The Kier molecular flexibility index (Phi) is 4.45. The summed E-state index contributed by atoms with van der Waals surface area (Å²) in [6.45, 7) is 0. The van der Waals surface area contributed by atoms with E-state index in [1.165, 1.54) is 12.8 Å². The molecule has 19 heavy (non-hydrogen) atoms. The quantitative estimate of drug-likeness (QED) is 0.631. The first kappa shape index (κ1) is 14.3. The number of nitrogens with one attached hydrogen (secondary N) is 1. The van der Waals surface area contributed by atoms with Gasteiger partial charge in [-0.25, -0.2) is 0 Å². The molecule has 3 N–H and O–H groups in total. The molecule has 0 saturated heterocycles. The van der Waals surface area contributed by atoms with Crippen molar-refractivity contribution in [2.24, 2.45) is 5.84 Å². The van der Waals surface area contributed by atoms with Crippen molar-refractivity contribution >= 4 is 0 Å². The third-order valence-electron chi connectivity index (χ3n) is 4.51. The van der Waals surface area contributed by atoms with Gasteiger partial charge in [0, 0.05) is 11.1 Å². The number of para-hydroxylation sites is 1. The summed E-state index contributed by atoms with van der Waals surface area (Å²) in [6.07, 6.45) is 4.83. The van der Waals surface area contributed by atoms with Crippen LogP contribution in [0.15, 0.2) is 24.3 Å². The van der Waals surface area contributed by atoms with E-state index in [0.29, 0.717) is 0 Å². The van der Waals surface area contributed by atoms with Crippen LogP contribution in [0, 0.1) is 0 Å². The summed E-state index contributed by atoms with van der Waals surface area (Å²) >= 11 is 0. The minimum atomic E-state index is 0.0728. The average Bonchev–Trinajstić information content (AvgIpc) is 2.91. The predicted molar refractivity (Wildman–Crippen MR) is 77.9 cm³/mol. The van der Waals surface area contributed by atoms with Crippen molar-refractivity contribution in [3.05, 3.63) is 29.8 Å². The molecule has 1 aliphatic carbocycles. The van der Waals surface area contributed by atoms with Crippen LogP contribution < -0.4 is 16.0 Å². The fraction of sp³-hybridized carbons (Fsp3) is 0.600. The number of hydrogen-bond donors (Lipinski definition) is 2. The molecular weight excluding hydrogens is 238 g/mol. The normalized spacial score (nSPS) is 19.6. The SMILES string of the molecule is COc1ccccc1C(NN)C1(N(C)C)CCCC1. The molecule has 4 heteroatoms. The molecule has 0 aliphatic heterocycles. The number of hydrazine groups is 1. The van der Waals surface area contributed by atoms with Gasteiger partial charge in [-0.1, -0.05) is 31.0 Å². The Morgan fingerprint density at radius 3 is 2.42 bits per heavy atom. The maximum atomic E-state index is 5.90. The monoisotopic (exact) mass is 263 g/mol. The Balaban J connectivity index is 2.43. The molecule has 0 radical (unpaired) electrons. The minimum absolute atomic E-state index is 0.0728.